The van der Waals surface area contributed by atoms with Gasteiger partial charge in [-0.2, -0.15) is 0 Å². The van der Waals surface area contributed by atoms with Crippen molar-refractivity contribution in [2.24, 2.45) is 35.3 Å². The van der Waals surface area contributed by atoms with Crippen LogP contribution in [0.2, 0.25) is 0 Å². The number of rotatable bonds is 6. The number of hydrogen-bond acceptors (Lipinski definition) is 2. The molecule has 19 heavy (non-hydrogen) atoms. The molecule has 0 aliphatic heterocycles. The van der Waals surface area contributed by atoms with Crippen LogP contribution in [0, 0.1) is 29.6 Å². The molecule has 2 unspecified atom stereocenters. The Morgan fingerprint density at radius 3 is 2.00 bits per heavy atom. The molecule has 3 N–H and O–H groups in total. The fourth-order valence-electron chi connectivity index (χ4n) is 4.76. The molecule has 0 bridgehead atoms. The van der Waals surface area contributed by atoms with Gasteiger partial charge in [-0.25, -0.2) is 0 Å². The molecule has 0 saturated heterocycles. The first-order valence-electron chi connectivity index (χ1n) is 8.57. The highest BCUT2D eigenvalue weighted by molar-refractivity contribution is 4.99. The van der Waals surface area contributed by atoms with E-state index < -0.39 is 0 Å². The van der Waals surface area contributed by atoms with E-state index in [9.17, 15) is 0 Å². The summed E-state index contributed by atoms with van der Waals surface area (Å²) in [5.41, 5.74) is 6.42. The van der Waals surface area contributed by atoms with E-state index in [0.717, 1.165) is 36.1 Å². The van der Waals surface area contributed by atoms with E-state index in [1.165, 1.54) is 51.5 Å². The number of hydrogen-bond donors (Lipinski definition) is 2. The molecule has 0 aromatic carbocycles. The average Bonchev–Trinajstić information content (AvgIpc) is 3.22. The Bertz CT molecular complexity index is 284. The fraction of sp³-hybridized carbons (Fsp3) is 1.00. The zero-order valence-electron chi connectivity index (χ0n) is 12.8. The van der Waals surface area contributed by atoms with Gasteiger partial charge in [-0.1, -0.05) is 13.8 Å². The first-order chi connectivity index (χ1) is 9.12. The van der Waals surface area contributed by atoms with Gasteiger partial charge in [0.05, 0.1) is 0 Å². The van der Waals surface area contributed by atoms with Crippen molar-refractivity contribution in [1.29, 1.82) is 0 Å². The summed E-state index contributed by atoms with van der Waals surface area (Å²) in [6, 6.07) is 0. The van der Waals surface area contributed by atoms with Gasteiger partial charge in [0.15, 0.2) is 0 Å². The second-order valence-corrected chi connectivity index (χ2v) is 8.06. The molecule has 3 saturated carbocycles. The van der Waals surface area contributed by atoms with Crippen LogP contribution in [0.5, 0.6) is 0 Å². The quantitative estimate of drug-likeness (QED) is 0.773. The summed E-state index contributed by atoms with van der Waals surface area (Å²) in [4.78, 5) is 0. The van der Waals surface area contributed by atoms with Crippen LogP contribution >= 0.6 is 0 Å². The Morgan fingerprint density at radius 1 is 1.05 bits per heavy atom. The summed E-state index contributed by atoms with van der Waals surface area (Å²) >= 11 is 0. The first kappa shape index (κ1) is 13.9. The lowest BCUT2D eigenvalue weighted by molar-refractivity contribution is 0.140. The molecule has 3 aliphatic rings. The predicted octanol–water partition coefficient (Wildman–Crippen LogP) is 3.17. The summed E-state index contributed by atoms with van der Waals surface area (Å²) < 4.78 is 0. The van der Waals surface area contributed by atoms with Gasteiger partial charge < -0.3 is 11.1 Å². The molecule has 110 valence electrons. The molecule has 3 rings (SSSR count). The third-order valence-corrected chi connectivity index (χ3v) is 5.84. The smallest absolute Gasteiger partial charge is 0.0309 e. The highest BCUT2D eigenvalue weighted by Crippen LogP contribution is 2.49. The van der Waals surface area contributed by atoms with Crippen LogP contribution in [-0.2, 0) is 0 Å². The monoisotopic (exact) mass is 264 g/mol. The Balaban J connectivity index is 1.58. The summed E-state index contributed by atoms with van der Waals surface area (Å²) in [7, 11) is 0. The molecule has 0 radical (unpaired) electrons. The van der Waals surface area contributed by atoms with Crippen LogP contribution in [0.4, 0.5) is 0 Å². The third kappa shape index (κ3) is 3.33. The zero-order chi connectivity index (χ0) is 13.5. The van der Waals surface area contributed by atoms with Crippen molar-refractivity contribution in [3.63, 3.8) is 0 Å². The Morgan fingerprint density at radius 2 is 1.58 bits per heavy atom. The molecule has 3 aliphatic carbocycles. The summed E-state index contributed by atoms with van der Waals surface area (Å²) in [6.45, 7) is 6.87. The van der Waals surface area contributed by atoms with Crippen LogP contribution in [0.25, 0.3) is 0 Å². The van der Waals surface area contributed by atoms with Crippen molar-refractivity contribution < 1.29 is 0 Å². The highest BCUT2D eigenvalue weighted by Gasteiger charge is 2.43. The van der Waals surface area contributed by atoms with Crippen molar-refractivity contribution in [1.82, 2.24) is 5.32 Å². The molecule has 3 fully saturated rings. The fourth-order valence-corrected chi connectivity index (χ4v) is 4.76. The molecule has 0 heterocycles. The Hall–Kier alpha value is -0.0800. The molecule has 2 atom stereocenters. The molecule has 0 amide bonds. The van der Waals surface area contributed by atoms with Gasteiger partial charge in [-0.3, -0.25) is 0 Å². The largest absolute Gasteiger partial charge is 0.329 e. The van der Waals surface area contributed by atoms with Crippen molar-refractivity contribution in [3.8, 4) is 0 Å². The van der Waals surface area contributed by atoms with Crippen molar-refractivity contribution >= 4 is 0 Å². The maximum Gasteiger partial charge on any atom is 0.0309 e. The number of nitrogens with one attached hydrogen (secondary N) is 1. The van der Waals surface area contributed by atoms with E-state index in [1.54, 1.807) is 0 Å². The van der Waals surface area contributed by atoms with Gasteiger partial charge in [0.1, 0.15) is 0 Å². The van der Waals surface area contributed by atoms with Crippen LogP contribution in [-0.4, -0.2) is 18.6 Å². The minimum Gasteiger partial charge on any atom is -0.329 e. The summed E-state index contributed by atoms with van der Waals surface area (Å²) in [5.74, 6) is 4.73. The van der Waals surface area contributed by atoms with Gasteiger partial charge in [0.2, 0.25) is 0 Å². The molecular formula is C17H32N2. The van der Waals surface area contributed by atoms with Crippen LogP contribution in [0.15, 0.2) is 0 Å². The van der Waals surface area contributed by atoms with Gasteiger partial charge in [-0.05, 0) is 81.1 Å². The van der Waals surface area contributed by atoms with Crippen molar-refractivity contribution in [3.05, 3.63) is 0 Å². The molecule has 0 spiro atoms. The van der Waals surface area contributed by atoms with E-state index in [0.29, 0.717) is 0 Å². The van der Waals surface area contributed by atoms with Crippen LogP contribution in [0.1, 0.15) is 58.8 Å². The lowest BCUT2D eigenvalue weighted by Crippen LogP contribution is -2.56. The van der Waals surface area contributed by atoms with Gasteiger partial charge in [0.25, 0.3) is 0 Å². The summed E-state index contributed by atoms with van der Waals surface area (Å²) in [5, 5.41) is 3.96. The lowest BCUT2D eigenvalue weighted by atomic mass is 9.71. The lowest BCUT2D eigenvalue weighted by Gasteiger charge is -2.44. The Labute approximate surface area is 118 Å². The van der Waals surface area contributed by atoms with E-state index >= 15 is 0 Å². The van der Waals surface area contributed by atoms with E-state index in [2.05, 4.69) is 19.2 Å². The topological polar surface area (TPSA) is 38.0 Å². The molecule has 2 nitrogen and oxygen atoms in total. The average molecular weight is 264 g/mol. The molecule has 2 heteroatoms. The summed E-state index contributed by atoms with van der Waals surface area (Å²) in [6.07, 6.45) is 9.93. The molecular weight excluding hydrogens is 232 g/mol. The Kier molecular flexibility index (Phi) is 3.92. The van der Waals surface area contributed by atoms with E-state index in [-0.39, 0.29) is 5.54 Å². The van der Waals surface area contributed by atoms with E-state index in [4.69, 9.17) is 5.73 Å². The zero-order valence-corrected chi connectivity index (χ0v) is 12.8. The minimum absolute atomic E-state index is 0.249. The second kappa shape index (κ2) is 5.37. The minimum atomic E-state index is 0.249. The maximum absolute atomic E-state index is 6.17. The second-order valence-electron chi connectivity index (χ2n) is 8.06. The van der Waals surface area contributed by atoms with Gasteiger partial charge >= 0.3 is 0 Å². The third-order valence-electron chi connectivity index (χ3n) is 5.84. The van der Waals surface area contributed by atoms with Crippen molar-refractivity contribution in [2.75, 3.05) is 13.1 Å². The number of nitrogens with two attached hydrogens (primary N) is 1. The standard InChI is InChI=1S/C17H32N2/c1-12-7-13(2)9-17(8-12,11-18)19-10-16(14-3-4-14)15-5-6-15/h12-16,19H,3-11,18H2,1-2H3. The van der Waals surface area contributed by atoms with Gasteiger partial charge in [0, 0.05) is 12.1 Å². The molecule has 0 aromatic rings. The normalized spacial score (nSPS) is 39.8. The molecule has 0 aromatic heterocycles. The van der Waals surface area contributed by atoms with E-state index in [1.807, 2.05) is 0 Å². The first-order valence-corrected chi connectivity index (χ1v) is 8.57. The predicted molar refractivity (Wildman–Crippen MR) is 80.9 cm³/mol. The van der Waals surface area contributed by atoms with Crippen LogP contribution < -0.4 is 11.1 Å². The van der Waals surface area contributed by atoms with Crippen molar-refractivity contribution in [2.45, 2.75) is 64.3 Å². The van der Waals surface area contributed by atoms with Crippen LogP contribution in [0.3, 0.4) is 0 Å². The maximum atomic E-state index is 6.17. The van der Waals surface area contributed by atoms with Gasteiger partial charge in [-0.15, -0.1) is 0 Å². The highest BCUT2D eigenvalue weighted by atomic mass is 15.0. The SMILES string of the molecule is CC1CC(C)CC(CN)(NCC(C2CC2)C2CC2)C1.